The number of hydrogen-bond acceptors (Lipinski definition) is 2. The maximum Gasteiger partial charge on any atom is 0.303 e. The standard InChI is InChI=1S/C14H19ClFNO2/c1-10(2)17(8-4-7-13(18)19)9-11-5-3-6-12(16)14(11)15/h3,5-6,10H,4,7-9H2,1-2H3,(H,18,19). The van der Waals surface area contributed by atoms with E-state index in [0.29, 0.717) is 19.5 Å². The molecule has 0 amide bonds. The first-order valence-electron chi connectivity index (χ1n) is 6.30. The minimum absolute atomic E-state index is 0.139. The van der Waals surface area contributed by atoms with E-state index in [9.17, 15) is 9.18 Å². The van der Waals surface area contributed by atoms with Gasteiger partial charge in [0.1, 0.15) is 5.82 Å². The van der Waals surface area contributed by atoms with Crippen molar-refractivity contribution in [3.8, 4) is 0 Å². The van der Waals surface area contributed by atoms with Crippen molar-refractivity contribution in [1.29, 1.82) is 0 Å². The molecule has 0 aliphatic carbocycles. The molecule has 0 unspecified atom stereocenters. The summed E-state index contributed by atoms with van der Waals surface area (Å²) in [7, 11) is 0. The lowest BCUT2D eigenvalue weighted by Gasteiger charge is -2.26. The highest BCUT2D eigenvalue weighted by molar-refractivity contribution is 6.31. The number of hydrogen-bond donors (Lipinski definition) is 1. The van der Waals surface area contributed by atoms with Gasteiger partial charge in [-0.15, -0.1) is 0 Å². The van der Waals surface area contributed by atoms with Gasteiger partial charge >= 0.3 is 5.97 Å². The highest BCUT2D eigenvalue weighted by atomic mass is 35.5. The number of rotatable bonds is 7. The Morgan fingerprint density at radius 1 is 1.47 bits per heavy atom. The van der Waals surface area contributed by atoms with Crippen LogP contribution in [-0.2, 0) is 11.3 Å². The van der Waals surface area contributed by atoms with Crippen molar-refractivity contribution < 1.29 is 14.3 Å². The third-order valence-corrected chi connectivity index (χ3v) is 3.39. The second-order valence-electron chi connectivity index (χ2n) is 4.77. The topological polar surface area (TPSA) is 40.5 Å². The van der Waals surface area contributed by atoms with E-state index in [1.165, 1.54) is 6.07 Å². The van der Waals surface area contributed by atoms with Crippen molar-refractivity contribution in [2.24, 2.45) is 0 Å². The van der Waals surface area contributed by atoms with Crippen LogP contribution in [0, 0.1) is 5.82 Å². The van der Waals surface area contributed by atoms with Gasteiger partial charge in [-0.2, -0.15) is 0 Å². The van der Waals surface area contributed by atoms with Crippen molar-refractivity contribution in [2.45, 2.75) is 39.3 Å². The number of halogens is 2. The van der Waals surface area contributed by atoms with Gasteiger partial charge in [-0.3, -0.25) is 9.69 Å². The molecule has 106 valence electrons. The maximum absolute atomic E-state index is 13.4. The molecule has 1 rings (SSSR count). The first kappa shape index (κ1) is 15.9. The molecule has 3 nitrogen and oxygen atoms in total. The molecule has 5 heteroatoms. The number of benzene rings is 1. The molecule has 0 saturated heterocycles. The molecule has 0 spiro atoms. The molecule has 0 aliphatic rings. The van der Waals surface area contributed by atoms with Gasteiger partial charge < -0.3 is 5.11 Å². The Hall–Kier alpha value is -1.13. The van der Waals surface area contributed by atoms with Crippen LogP contribution in [0.4, 0.5) is 4.39 Å². The third-order valence-electron chi connectivity index (χ3n) is 2.97. The van der Waals surface area contributed by atoms with Crippen LogP contribution < -0.4 is 0 Å². The molecule has 0 fully saturated rings. The van der Waals surface area contributed by atoms with E-state index in [1.54, 1.807) is 12.1 Å². The van der Waals surface area contributed by atoms with Gasteiger partial charge in [0.2, 0.25) is 0 Å². The summed E-state index contributed by atoms with van der Waals surface area (Å²) >= 11 is 5.93. The third kappa shape index (κ3) is 5.17. The van der Waals surface area contributed by atoms with Crippen molar-refractivity contribution in [2.75, 3.05) is 6.54 Å². The van der Waals surface area contributed by atoms with Gasteiger partial charge in [-0.05, 0) is 38.4 Å². The van der Waals surface area contributed by atoms with Crippen LogP contribution in [0.25, 0.3) is 0 Å². The zero-order valence-electron chi connectivity index (χ0n) is 11.2. The molecule has 19 heavy (non-hydrogen) atoms. The fourth-order valence-corrected chi connectivity index (χ4v) is 2.03. The Morgan fingerprint density at radius 3 is 2.74 bits per heavy atom. The Morgan fingerprint density at radius 2 is 2.16 bits per heavy atom. The van der Waals surface area contributed by atoms with Crippen molar-refractivity contribution in [1.82, 2.24) is 4.90 Å². The summed E-state index contributed by atoms with van der Waals surface area (Å²) in [5.74, 6) is -1.22. The lowest BCUT2D eigenvalue weighted by molar-refractivity contribution is -0.137. The maximum atomic E-state index is 13.4. The minimum Gasteiger partial charge on any atom is -0.481 e. The molecule has 0 heterocycles. The van der Waals surface area contributed by atoms with Crippen LogP contribution >= 0.6 is 11.6 Å². The second-order valence-corrected chi connectivity index (χ2v) is 5.15. The van der Waals surface area contributed by atoms with E-state index in [4.69, 9.17) is 16.7 Å². The molecule has 0 aromatic heterocycles. The quantitative estimate of drug-likeness (QED) is 0.834. The number of aliphatic carboxylic acids is 1. The number of nitrogens with zero attached hydrogens (tertiary/aromatic N) is 1. The molecule has 0 bridgehead atoms. The Kier molecular flexibility index (Phi) is 6.25. The van der Waals surface area contributed by atoms with Crippen LogP contribution in [0.1, 0.15) is 32.3 Å². The van der Waals surface area contributed by atoms with Crippen LogP contribution in [0.5, 0.6) is 0 Å². The first-order valence-corrected chi connectivity index (χ1v) is 6.68. The van der Waals surface area contributed by atoms with Gasteiger partial charge in [0.05, 0.1) is 5.02 Å². The summed E-state index contributed by atoms with van der Waals surface area (Å²) in [4.78, 5) is 12.6. The highest BCUT2D eigenvalue weighted by Gasteiger charge is 2.14. The molecule has 1 aromatic carbocycles. The second kappa shape index (κ2) is 7.46. The lowest BCUT2D eigenvalue weighted by atomic mass is 10.1. The smallest absolute Gasteiger partial charge is 0.303 e. The summed E-state index contributed by atoms with van der Waals surface area (Å²) in [5, 5.41) is 8.79. The van der Waals surface area contributed by atoms with Crippen LogP contribution in [0.2, 0.25) is 5.02 Å². The molecule has 1 N–H and O–H groups in total. The molecular formula is C14H19ClFNO2. The van der Waals surface area contributed by atoms with Crippen molar-refractivity contribution in [3.05, 3.63) is 34.6 Å². The molecule has 0 atom stereocenters. The Balaban J connectivity index is 2.67. The predicted molar refractivity (Wildman–Crippen MR) is 73.8 cm³/mol. The van der Waals surface area contributed by atoms with E-state index in [2.05, 4.69) is 4.90 Å². The molecule has 0 radical (unpaired) electrons. The normalized spacial score (nSPS) is 11.3. The zero-order chi connectivity index (χ0) is 14.4. The van der Waals surface area contributed by atoms with Gasteiger partial charge in [0, 0.05) is 19.0 Å². The Bertz CT molecular complexity index is 437. The number of carboxylic acid groups (broad SMARTS) is 1. The number of carboxylic acids is 1. The average Bonchev–Trinajstić information content (AvgIpc) is 2.32. The van der Waals surface area contributed by atoms with Crippen LogP contribution in [0.15, 0.2) is 18.2 Å². The lowest BCUT2D eigenvalue weighted by Crippen LogP contribution is -2.31. The van der Waals surface area contributed by atoms with E-state index in [-0.39, 0.29) is 17.5 Å². The summed E-state index contributed by atoms with van der Waals surface area (Å²) in [5.41, 5.74) is 0.727. The van der Waals surface area contributed by atoms with Crippen LogP contribution in [0.3, 0.4) is 0 Å². The van der Waals surface area contributed by atoms with E-state index in [1.807, 2.05) is 13.8 Å². The fourth-order valence-electron chi connectivity index (χ4n) is 1.84. The molecular weight excluding hydrogens is 269 g/mol. The predicted octanol–water partition coefficient (Wildman–Crippen LogP) is 3.55. The van der Waals surface area contributed by atoms with Gasteiger partial charge in [0.25, 0.3) is 0 Å². The molecule has 0 saturated carbocycles. The summed E-state index contributed by atoms with van der Waals surface area (Å²) in [6, 6.07) is 4.99. The van der Waals surface area contributed by atoms with E-state index >= 15 is 0 Å². The van der Waals surface area contributed by atoms with Crippen molar-refractivity contribution in [3.63, 3.8) is 0 Å². The first-order chi connectivity index (χ1) is 8.91. The largest absolute Gasteiger partial charge is 0.481 e. The SMILES string of the molecule is CC(C)N(CCCC(=O)O)Cc1cccc(F)c1Cl. The highest BCUT2D eigenvalue weighted by Crippen LogP contribution is 2.22. The Labute approximate surface area is 118 Å². The fraction of sp³-hybridized carbons (Fsp3) is 0.500. The average molecular weight is 288 g/mol. The monoisotopic (exact) mass is 287 g/mol. The summed E-state index contributed by atoms with van der Waals surface area (Å²) < 4.78 is 13.4. The zero-order valence-corrected chi connectivity index (χ0v) is 12.0. The van der Waals surface area contributed by atoms with Crippen LogP contribution in [-0.4, -0.2) is 28.6 Å². The van der Waals surface area contributed by atoms with Gasteiger partial charge in [-0.1, -0.05) is 23.7 Å². The summed E-state index contributed by atoms with van der Waals surface area (Å²) in [6.45, 7) is 5.21. The van der Waals surface area contributed by atoms with E-state index < -0.39 is 11.8 Å². The van der Waals surface area contributed by atoms with E-state index in [0.717, 1.165) is 5.56 Å². The van der Waals surface area contributed by atoms with Crippen molar-refractivity contribution >= 4 is 17.6 Å². The minimum atomic E-state index is -0.799. The number of carbonyl (C=O) groups is 1. The molecule has 0 aliphatic heterocycles. The summed E-state index contributed by atoms with van der Waals surface area (Å²) in [6.07, 6.45) is 0.709. The van der Waals surface area contributed by atoms with Gasteiger partial charge in [0.15, 0.2) is 0 Å². The van der Waals surface area contributed by atoms with Gasteiger partial charge in [-0.25, -0.2) is 4.39 Å². The molecule has 1 aromatic rings.